The van der Waals surface area contributed by atoms with E-state index in [0.717, 1.165) is 29.2 Å². The summed E-state index contributed by atoms with van der Waals surface area (Å²) in [4.78, 5) is 43.8. The van der Waals surface area contributed by atoms with Gasteiger partial charge in [0.1, 0.15) is 29.6 Å². The van der Waals surface area contributed by atoms with E-state index in [-0.39, 0.29) is 35.3 Å². The van der Waals surface area contributed by atoms with E-state index in [0.29, 0.717) is 5.56 Å². The first-order valence-corrected chi connectivity index (χ1v) is 14.5. The molecule has 0 unspecified atom stereocenters. The first-order chi connectivity index (χ1) is 19.8. The highest BCUT2D eigenvalue weighted by Gasteiger charge is 2.30. The van der Waals surface area contributed by atoms with Crippen molar-refractivity contribution < 1.29 is 31.9 Å². The van der Waals surface area contributed by atoms with E-state index in [9.17, 15) is 32.3 Å². The van der Waals surface area contributed by atoms with Gasteiger partial charge >= 0.3 is 0 Å². The van der Waals surface area contributed by atoms with Crippen molar-refractivity contribution in [1.29, 1.82) is 0 Å². The molecule has 0 radical (unpaired) electrons. The van der Waals surface area contributed by atoms with E-state index < -0.39 is 57.3 Å². The SMILES string of the molecule is CC(C)[C@H](NC(=O)Cn1c(-c2ccc(F)cc2)ncc(NS(C)(=O)=O)c1=O)C(=O)c1nnc(Cc2cccc(O)c2)o1. The number of nitrogens with one attached hydrogen (secondary N) is 2. The van der Waals surface area contributed by atoms with Crippen LogP contribution in [-0.2, 0) is 27.8 Å². The van der Waals surface area contributed by atoms with Crippen molar-refractivity contribution >= 4 is 27.4 Å². The predicted octanol–water partition coefficient (Wildman–Crippen LogP) is 2.12. The predicted molar refractivity (Wildman–Crippen MR) is 149 cm³/mol. The number of ketones is 1. The Morgan fingerprint density at radius 2 is 1.83 bits per heavy atom. The molecule has 3 N–H and O–H groups in total. The fourth-order valence-electron chi connectivity index (χ4n) is 4.03. The number of hydrogen-bond acceptors (Lipinski definition) is 10. The molecule has 4 rings (SSSR count). The fourth-order valence-corrected chi connectivity index (χ4v) is 4.57. The first-order valence-electron chi connectivity index (χ1n) is 12.6. The number of rotatable bonds is 11. The van der Waals surface area contributed by atoms with Crippen LogP contribution in [0.25, 0.3) is 11.4 Å². The minimum Gasteiger partial charge on any atom is -0.508 e. The van der Waals surface area contributed by atoms with Gasteiger partial charge in [0.05, 0.1) is 24.9 Å². The van der Waals surface area contributed by atoms with Crippen molar-refractivity contribution in [3.8, 4) is 17.1 Å². The molecule has 15 heteroatoms. The van der Waals surface area contributed by atoms with Gasteiger partial charge in [-0.1, -0.05) is 26.0 Å². The third-order valence-corrected chi connectivity index (χ3v) is 6.55. The number of Topliss-reactive ketones (excluding diaryl/α,β-unsaturated/α-hetero) is 1. The lowest BCUT2D eigenvalue weighted by molar-refractivity contribution is -0.122. The molecule has 2 heterocycles. The third kappa shape index (κ3) is 7.42. The average Bonchev–Trinajstić information content (AvgIpc) is 3.37. The Morgan fingerprint density at radius 1 is 1.12 bits per heavy atom. The number of phenolic OH excluding ortho intramolecular Hbond substituents is 1. The van der Waals surface area contributed by atoms with Crippen LogP contribution >= 0.6 is 0 Å². The summed E-state index contributed by atoms with van der Waals surface area (Å²) in [6.45, 7) is 2.71. The third-order valence-electron chi connectivity index (χ3n) is 5.96. The zero-order valence-electron chi connectivity index (χ0n) is 22.7. The minimum absolute atomic E-state index is 0.0323. The molecule has 2 aromatic heterocycles. The lowest BCUT2D eigenvalue weighted by atomic mass is 9.99. The molecule has 0 spiro atoms. The number of carbonyl (C=O) groups excluding carboxylic acids is 2. The Balaban J connectivity index is 1.58. The number of halogens is 1. The van der Waals surface area contributed by atoms with Gasteiger partial charge in [-0.15, -0.1) is 10.2 Å². The number of amides is 1. The summed E-state index contributed by atoms with van der Waals surface area (Å²) in [5.74, 6) is -2.60. The Kier molecular flexibility index (Phi) is 8.80. The summed E-state index contributed by atoms with van der Waals surface area (Å²) in [5.41, 5.74) is -0.327. The topological polar surface area (TPSA) is 186 Å². The van der Waals surface area contributed by atoms with Crippen molar-refractivity contribution in [2.24, 2.45) is 5.92 Å². The molecule has 1 atom stereocenters. The van der Waals surface area contributed by atoms with Gasteiger partial charge in [-0.05, 0) is 47.9 Å². The lowest BCUT2D eigenvalue weighted by Gasteiger charge is -2.20. The van der Waals surface area contributed by atoms with Gasteiger partial charge in [-0.25, -0.2) is 17.8 Å². The maximum atomic E-state index is 13.5. The standard InChI is InChI=1S/C27H27FN6O7S/c1-15(2)23(24(37)26-32-31-22(41-26)12-16-5-4-6-19(35)11-16)30-21(36)14-34-25(17-7-9-18(28)10-8-17)29-13-20(27(34)38)33-42(3,39)40/h4-11,13,15,23,33,35H,12,14H2,1-3H3,(H,30,36)/t23-/m0/s1. The highest BCUT2D eigenvalue weighted by molar-refractivity contribution is 7.92. The van der Waals surface area contributed by atoms with Crippen molar-refractivity contribution in [3.05, 3.63) is 88.2 Å². The number of nitrogens with zero attached hydrogens (tertiary/aromatic N) is 4. The Labute approximate surface area is 239 Å². The minimum atomic E-state index is -3.85. The molecule has 0 fully saturated rings. The quantitative estimate of drug-likeness (QED) is 0.216. The Hall–Kier alpha value is -4.92. The highest BCUT2D eigenvalue weighted by atomic mass is 32.2. The number of hydrogen-bond donors (Lipinski definition) is 3. The van der Waals surface area contributed by atoms with Crippen LogP contribution in [0.15, 0.2) is 63.9 Å². The monoisotopic (exact) mass is 598 g/mol. The van der Waals surface area contributed by atoms with E-state index in [4.69, 9.17) is 4.42 Å². The number of benzene rings is 2. The van der Waals surface area contributed by atoms with E-state index in [1.807, 2.05) is 0 Å². The number of anilines is 1. The molecule has 1 amide bonds. The van der Waals surface area contributed by atoms with Gasteiger partial charge in [0.25, 0.3) is 11.4 Å². The van der Waals surface area contributed by atoms with E-state index in [1.54, 1.807) is 26.0 Å². The zero-order valence-corrected chi connectivity index (χ0v) is 23.6. The second-order valence-corrected chi connectivity index (χ2v) is 11.5. The smallest absolute Gasteiger partial charge is 0.286 e. The zero-order chi connectivity index (χ0) is 30.6. The maximum absolute atomic E-state index is 13.5. The lowest BCUT2D eigenvalue weighted by Crippen LogP contribution is -2.46. The van der Waals surface area contributed by atoms with Crippen LogP contribution in [0, 0.1) is 11.7 Å². The van der Waals surface area contributed by atoms with Crippen molar-refractivity contribution in [3.63, 3.8) is 0 Å². The van der Waals surface area contributed by atoms with Gasteiger partial charge in [0.15, 0.2) is 0 Å². The van der Waals surface area contributed by atoms with Crippen LogP contribution in [-0.4, -0.2) is 57.3 Å². The molecule has 0 aliphatic rings. The maximum Gasteiger partial charge on any atom is 0.286 e. The molecule has 0 saturated carbocycles. The Bertz CT molecular complexity index is 1790. The molecule has 4 aromatic rings. The van der Waals surface area contributed by atoms with Gasteiger partial charge < -0.3 is 14.8 Å². The van der Waals surface area contributed by atoms with Gasteiger partial charge in [0, 0.05) is 5.56 Å². The van der Waals surface area contributed by atoms with Crippen LogP contribution in [0.5, 0.6) is 5.75 Å². The second-order valence-electron chi connectivity index (χ2n) is 9.77. The van der Waals surface area contributed by atoms with Crippen molar-refractivity contribution in [2.75, 3.05) is 11.0 Å². The summed E-state index contributed by atoms with van der Waals surface area (Å²) in [6.07, 6.45) is 2.01. The van der Waals surface area contributed by atoms with Crippen molar-refractivity contribution in [2.45, 2.75) is 32.9 Å². The molecular formula is C27H27FN6O7S. The summed E-state index contributed by atoms with van der Waals surface area (Å²) in [6, 6.07) is 10.3. The molecule has 2 aromatic carbocycles. The van der Waals surface area contributed by atoms with Crippen molar-refractivity contribution in [1.82, 2.24) is 25.1 Å². The fraction of sp³-hybridized carbons (Fsp3) is 0.259. The number of sulfonamides is 1. The molecule has 13 nitrogen and oxygen atoms in total. The number of aromatic hydroxyl groups is 1. The summed E-state index contributed by atoms with van der Waals surface area (Å²) < 4.78 is 45.5. The first kappa shape index (κ1) is 30.0. The molecular weight excluding hydrogens is 571 g/mol. The largest absolute Gasteiger partial charge is 0.508 e. The molecule has 0 aliphatic carbocycles. The number of phenols is 1. The van der Waals surface area contributed by atoms with Gasteiger partial charge in [0.2, 0.25) is 27.6 Å². The van der Waals surface area contributed by atoms with E-state index >= 15 is 0 Å². The van der Waals surface area contributed by atoms with Crippen LogP contribution < -0.4 is 15.6 Å². The average molecular weight is 599 g/mol. The molecule has 42 heavy (non-hydrogen) atoms. The number of carbonyl (C=O) groups is 2. The summed E-state index contributed by atoms with van der Waals surface area (Å²) in [5, 5.41) is 19.9. The van der Waals surface area contributed by atoms with Crippen LogP contribution in [0.4, 0.5) is 10.1 Å². The molecule has 0 bridgehead atoms. The molecule has 0 saturated heterocycles. The summed E-state index contributed by atoms with van der Waals surface area (Å²) in [7, 11) is -3.85. The van der Waals surface area contributed by atoms with E-state index in [2.05, 4.69) is 25.2 Å². The molecule has 0 aliphatic heterocycles. The van der Waals surface area contributed by atoms with Crippen LogP contribution in [0.3, 0.4) is 0 Å². The normalized spacial score (nSPS) is 12.2. The van der Waals surface area contributed by atoms with E-state index in [1.165, 1.54) is 24.3 Å². The number of aromatic nitrogens is 4. The van der Waals surface area contributed by atoms with Crippen LogP contribution in [0.2, 0.25) is 0 Å². The molecule has 220 valence electrons. The summed E-state index contributed by atoms with van der Waals surface area (Å²) >= 11 is 0. The highest BCUT2D eigenvalue weighted by Crippen LogP contribution is 2.19. The second kappa shape index (κ2) is 12.3. The Morgan fingerprint density at radius 3 is 2.48 bits per heavy atom. The van der Waals surface area contributed by atoms with Gasteiger partial charge in [-0.2, -0.15) is 0 Å². The van der Waals surface area contributed by atoms with Crippen LogP contribution in [0.1, 0.15) is 36.0 Å². The van der Waals surface area contributed by atoms with Gasteiger partial charge in [-0.3, -0.25) is 23.7 Å².